The number of nitrogens with zero attached hydrogens (tertiary/aromatic N) is 2. The molecular weight excluding hydrogens is 266 g/mol. The number of aromatic nitrogens is 2. The summed E-state index contributed by atoms with van der Waals surface area (Å²) in [5, 5.41) is 14.3. The van der Waals surface area contributed by atoms with Gasteiger partial charge in [0, 0.05) is 18.2 Å². The van der Waals surface area contributed by atoms with Crippen LogP contribution in [0, 0.1) is 10.1 Å². The van der Waals surface area contributed by atoms with Crippen molar-refractivity contribution in [1.29, 1.82) is 0 Å². The van der Waals surface area contributed by atoms with Crippen LogP contribution in [-0.2, 0) is 0 Å². The molecule has 0 saturated heterocycles. The number of hydrogen-bond acceptors (Lipinski definition) is 6. The summed E-state index contributed by atoms with van der Waals surface area (Å²) in [6.07, 6.45) is 1.25. The lowest BCUT2D eigenvalue weighted by Gasteiger charge is -1.99. The van der Waals surface area contributed by atoms with Gasteiger partial charge in [0.2, 0.25) is 0 Å². The lowest BCUT2D eigenvalue weighted by Crippen LogP contribution is -2.22. The minimum absolute atomic E-state index is 0.0292. The highest BCUT2D eigenvalue weighted by Gasteiger charge is 2.02. The minimum atomic E-state index is -0.630. The van der Waals surface area contributed by atoms with E-state index in [1.54, 1.807) is 0 Å². The lowest BCUT2D eigenvalue weighted by atomic mass is 10.3. The summed E-state index contributed by atoms with van der Waals surface area (Å²) in [5.41, 5.74) is 2.17. The molecule has 20 heavy (non-hydrogen) atoms. The molecule has 0 spiro atoms. The second kappa shape index (κ2) is 5.61. The van der Waals surface area contributed by atoms with Gasteiger partial charge in [0.25, 0.3) is 11.2 Å². The minimum Gasteiger partial charge on any atom is -0.306 e. The maximum absolute atomic E-state index is 11.0. The van der Waals surface area contributed by atoms with Gasteiger partial charge in [-0.25, -0.2) is 4.79 Å². The standard InChI is InChI=1S/C11H9N5O4/c17-10-5-8(13-11(18)14-10)6-12-15-7-1-3-9(4-2-7)16(19)20/h1-6,15H,(H2,13,14,17,18)/b12-6+. The van der Waals surface area contributed by atoms with Crippen LogP contribution >= 0.6 is 0 Å². The van der Waals surface area contributed by atoms with Crippen molar-refractivity contribution in [3.63, 3.8) is 0 Å². The van der Waals surface area contributed by atoms with E-state index >= 15 is 0 Å². The first-order valence-corrected chi connectivity index (χ1v) is 5.42. The van der Waals surface area contributed by atoms with E-state index in [1.807, 2.05) is 4.98 Å². The molecule has 0 amide bonds. The molecule has 1 heterocycles. The highest BCUT2D eigenvalue weighted by atomic mass is 16.6. The smallest absolute Gasteiger partial charge is 0.306 e. The number of nitrogens with one attached hydrogen (secondary N) is 3. The van der Waals surface area contributed by atoms with Crippen LogP contribution in [0.1, 0.15) is 5.69 Å². The van der Waals surface area contributed by atoms with Gasteiger partial charge >= 0.3 is 5.69 Å². The van der Waals surface area contributed by atoms with Gasteiger partial charge in [-0.3, -0.25) is 25.3 Å². The molecule has 0 bridgehead atoms. The molecule has 0 fully saturated rings. The van der Waals surface area contributed by atoms with E-state index in [4.69, 9.17) is 0 Å². The third kappa shape index (κ3) is 3.38. The zero-order valence-corrected chi connectivity index (χ0v) is 9.99. The fourth-order valence-corrected chi connectivity index (χ4v) is 1.39. The molecule has 3 N–H and O–H groups in total. The SMILES string of the molecule is O=c1cc(/C=N/Nc2ccc([N+](=O)[O-])cc2)[nH]c(=O)[nH]1. The van der Waals surface area contributed by atoms with Crippen molar-refractivity contribution in [2.45, 2.75) is 0 Å². The second-order valence-corrected chi connectivity index (χ2v) is 3.72. The largest absolute Gasteiger partial charge is 0.326 e. The predicted molar refractivity (Wildman–Crippen MR) is 72.0 cm³/mol. The van der Waals surface area contributed by atoms with E-state index in [2.05, 4.69) is 15.5 Å². The fourth-order valence-electron chi connectivity index (χ4n) is 1.39. The normalized spacial score (nSPS) is 10.6. The molecule has 0 aliphatic rings. The van der Waals surface area contributed by atoms with Gasteiger partial charge in [0.05, 0.1) is 22.5 Å². The first-order chi connectivity index (χ1) is 9.54. The molecule has 0 radical (unpaired) electrons. The zero-order chi connectivity index (χ0) is 14.5. The van der Waals surface area contributed by atoms with E-state index in [1.165, 1.54) is 36.5 Å². The van der Waals surface area contributed by atoms with E-state index in [0.29, 0.717) is 5.69 Å². The van der Waals surface area contributed by atoms with Gasteiger partial charge in [0.15, 0.2) is 0 Å². The Kier molecular flexibility index (Phi) is 3.70. The van der Waals surface area contributed by atoms with E-state index < -0.39 is 16.2 Å². The van der Waals surface area contributed by atoms with Gasteiger partial charge in [0.1, 0.15) is 0 Å². The monoisotopic (exact) mass is 275 g/mol. The number of H-pyrrole nitrogens is 2. The van der Waals surface area contributed by atoms with Gasteiger partial charge in [-0.1, -0.05) is 0 Å². The van der Waals surface area contributed by atoms with Crippen molar-refractivity contribution in [3.05, 3.63) is 67.0 Å². The molecule has 9 heteroatoms. The molecule has 9 nitrogen and oxygen atoms in total. The topological polar surface area (TPSA) is 133 Å². The number of rotatable bonds is 4. The van der Waals surface area contributed by atoms with Crippen LogP contribution in [0.25, 0.3) is 0 Å². The fraction of sp³-hybridized carbons (Fsp3) is 0. The Balaban J connectivity index is 2.07. The Hall–Kier alpha value is -3.23. The summed E-state index contributed by atoms with van der Waals surface area (Å²) in [6, 6.07) is 6.79. The van der Waals surface area contributed by atoms with E-state index in [9.17, 15) is 19.7 Å². The Bertz CT molecular complexity index is 731. The van der Waals surface area contributed by atoms with Crippen molar-refractivity contribution < 1.29 is 4.92 Å². The highest BCUT2D eigenvalue weighted by molar-refractivity contribution is 5.77. The molecule has 0 atom stereocenters. The number of hydrazone groups is 1. The van der Waals surface area contributed by atoms with Crippen LogP contribution in [0.15, 0.2) is 45.0 Å². The Morgan fingerprint density at radius 2 is 1.90 bits per heavy atom. The Labute approximate surface area is 111 Å². The van der Waals surface area contributed by atoms with Crippen molar-refractivity contribution in [2.75, 3.05) is 5.43 Å². The molecule has 0 unspecified atom stereocenters. The molecule has 2 aromatic rings. The summed E-state index contributed by atoms with van der Waals surface area (Å²) in [6.45, 7) is 0. The number of benzene rings is 1. The second-order valence-electron chi connectivity index (χ2n) is 3.72. The number of anilines is 1. The first kappa shape index (κ1) is 13.2. The molecule has 0 saturated carbocycles. The van der Waals surface area contributed by atoms with Crippen molar-refractivity contribution in [1.82, 2.24) is 9.97 Å². The predicted octanol–water partition coefficient (Wildman–Crippen LogP) is 0.417. The van der Waals surface area contributed by atoms with Crippen molar-refractivity contribution in [2.24, 2.45) is 5.10 Å². The average Bonchev–Trinajstić information content (AvgIpc) is 2.38. The number of nitro groups is 1. The molecule has 102 valence electrons. The lowest BCUT2D eigenvalue weighted by molar-refractivity contribution is -0.384. The highest BCUT2D eigenvalue weighted by Crippen LogP contribution is 2.14. The first-order valence-electron chi connectivity index (χ1n) is 5.42. The maximum Gasteiger partial charge on any atom is 0.326 e. The van der Waals surface area contributed by atoms with Crippen LogP contribution in [0.3, 0.4) is 0 Å². The number of hydrogen-bond donors (Lipinski definition) is 3. The summed E-state index contributed by atoms with van der Waals surface area (Å²) in [4.78, 5) is 36.4. The number of nitro benzene ring substituents is 1. The average molecular weight is 275 g/mol. The van der Waals surface area contributed by atoms with Gasteiger partial charge in [-0.15, -0.1) is 0 Å². The summed E-state index contributed by atoms with van der Waals surface area (Å²) in [5.74, 6) is 0. The number of non-ortho nitro benzene ring substituents is 1. The summed E-state index contributed by atoms with van der Waals surface area (Å²) >= 11 is 0. The molecule has 2 rings (SSSR count). The molecular formula is C11H9N5O4. The van der Waals surface area contributed by atoms with Crippen molar-refractivity contribution in [3.8, 4) is 0 Å². The van der Waals surface area contributed by atoms with Crippen LogP contribution in [0.2, 0.25) is 0 Å². The van der Waals surface area contributed by atoms with Gasteiger partial charge in [-0.05, 0) is 12.1 Å². The summed E-state index contributed by atoms with van der Waals surface area (Å²) in [7, 11) is 0. The van der Waals surface area contributed by atoms with Crippen LogP contribution in [0.5, 0.6) is 0 Å². The van der Waals surface area contributed by atoms with E-state index in [-0.39, 0.29) is 11.4 Å². The quantitative estimate of drug-likeness (QED) is 0.422. The third-order valence-corrected chi connectivity index (χ3v) is 2.26. The molecule has 0 aliphatic carbocycles. The molecule has 0 aliphatic heterocycles. The van der Waals surface area contributed by atoms with Crippen LogP contribution in [0.4, 0.5) is 11.4 Å². The third-order valence-electron chi connectivity index (χ3n) is 2.26. The zero-order valence-electron chi connectivity index (χ0n) is 9.99. The maximum atomic E-state index is 11.0. The van der Waals surface area contributed by atoms with Gasteiger partial charge < -0.3 is 4.98 Å². The van der Waals surface area contributed by atoms with E-state index in [0.717, 1.165) is 0 Å². The van der Waals surface area contributed by atoms with Crippen molar-refractivity contribution >= 4 is 17.6 Å². The van der Waals surface area contributed by atoms with Gasteiger partial charge in [-0.2, -0.15) is 5.10 Å². The number of aromatic amines is 2. The molecule has 1 aromatic carbocycles. The Morgan fingerprint density at radius 3 is 2.50 bits per heavy atom. The summed E-state index contributed by atoms with van der Waals surface area (Å²) < 4.78 is 0. The molecule has 1 aromatic heterocycles. The van der Waals surface area contributed by atoms with Crippen LogP contribution in [-0.4, -0.2) is 21.1 Å². The van der Waals surface area contributed by atoms with Crippen LogP contribution < -0.4 is 16.7 Å². The Morgan fingerprint density at radius 1 is 1.20 bits per heavy atom.